The summed E-state index contributed by atoms with van der Waals surface area (Å²) in [5.74, 6) is -0.805. The third-order valence-electron chi connectivity index (χ3n) is 6.39. The average Bonchev–Trinajstić information content (AvgIpc) is 3.58. The molecule has 6 heterocycles. The molecule has 0 spiro atoms. The quantitative estimate of drug-likeness (QED) is 0.248. The van der Waals surface area contributed by atoms with Gasteiger partial charge in [-0.25, -0.2) is 23.9 Å². The van der Waals surface area contributed by atoms with Crippen LogP contribution in [-0.2, 0) is 57.1 Å². The summed E-state index contributed by atoms with van der Waals surface area (Å²) in [6.45, 7) is -8.72. The van der Waals surface area contributed by atoms with Crippen LogP contribution in [0.15, 0.2) is 22.5 Å². The van der Waals surface area contributed by atoms with E-state index >= 15 is 4.39 Å². The molecule has 4 aliphatic rings. The van der Waals surface area contributed by atoms with Gasteiger partial charge in [0, 0.05) is 6.54 Å². The summed E-state index contributed by atoms with van der Waals surface area (Å²) in [6, 6.07) is -1.12. The number of imidazole rings is 1. The summed E-state index contributed by atoms with van der Waals surface area (Å²) in [7, 11) is 0. The molecular weight excluding hydrogens is 627 g/mol. The monoisotopic (exact) mass is 649 g/mol. The van der Waals surface area contributed by atoms with Crippen LogP contribution in [0.1, 0.15) is 12.2 Å². The molecule has 1 fully saturated rings. The predicted octanol–water partition coefficient (Wildman–Crippen LogP) is 0.658. The second-order valence-electron chi connectivity index (χ2n) is 9.07. The molecule has 2 aromatic rings. The Kier molecular flexibility index (Phi) is 7.82. The van der Waals surface area contributed by atoms with Crippen molar-refractivity contribution in [2.75, 3.05) is 13.2 Å². The van der Waals surface area contributed by atoms with Crippen molar-refractivity contribution in [3.63, 3.8) is 0 Å². The molecule has 22 heteroatoms. The number of ether oxygens (including phenoxy) is 1. The number of hydrogen-bond acceptors (Lipinski definition) is 14. The Morgan fingerprint density at radius 1 is 1.32 bits per heavy atom. The first-order valence-corrected chi connectivity index (χ1v) is 17.3. The average molecular weight is 650 g/mol. The van der Waals surface area contributed by atoms with Crippen molar-refractivity contribution in [2.24, 2.45) is 9.98 Å². The molecule has 3 N–H and O–H groups in total. The number of aromatic nitrogens is 4. The Bertz CT molecular complexity index is 1560. The summed E-state index contributed by atoms with van der Waals surface area (Å²) in [4.78, 5) is 44.7. The maximum absolute atomic E-state index is 15.9. The van der Waals surface area contributed by atoms with Gasteiger partial charge in [-0.05, 0) is 18.2 Å². The summed E-state index contributed by atoms with van der Waals surface area (Å²) in [5, 5.41) is 10.0. The highest BCUT2D eigenvalue weighted by atomic mass is 32.7. The lowest BCUT2D eigenvalue weighted by molar-refractivity contribution is -0.119. The number of amidine groups is 1. The molecule has 0 aliphatic carbocycles. The van der Waals surface area contributed by atoms with Gasteiger partial charge in [-0.3, -0.25) is 34.5 Å². The van der Waals surface area contributed by atoms with E-state index in [0.29, 0.717) is 30.0 Å². The fourth-order valence-corrected chi connectivity index (χ4v) is 7.14. The number of rotatable bonds is 1. The zero-order valence-electron chi connectivity index (χ0n) is 20.7. The number of alkyl halides is 1. The van der Waals surface area contributed by atoms with Gasteiger partial charge < -0.3 is 23.2 Å². The number of halogens is 1. The second kappa shape index (κ2) is 11.1. The van der Waals surface area contributed by atoms with Crippen molar-refractivity contribution in [1.82, 2.24) is 29.7 Å². The van der Waals surface area contributed by atoms with Crippen molar-refractivity contribution in [3.8, 4) is 0 Å². The van der Waals surface area contributed by atoms with Crippen LogP contribution in [0.5, 0.6) is 0 Å². The molecule has 7 atom stereocenters. The largest absolute Gasteiger partial charge is 0.387 e. The summed E-state index contributed by atoms with van der Waals surface area (Å²) in [5.41, 5.74) is 0.910. The van der Waals surface area contributed by atoms with Crippen molar-refractivity contribution in [3.05, 3.63) is 18.3 Å². The molecule has 0 saturated carbocycles. The number of aliphatic imine (C=N–C) groups is 2. The van der Waals surface area contributed by atoms with Crippen molar-refractivity contribution in [2.45, 2.75) is 50.2 Å². The SMILES string of the molecule is N=C1N=C2C(N=CN2[C@@H]2O[C@@H]3COP(O)(=S)OCCCn4c(nc5cncnc54)COP(=O)(S)O[C@@H]2[C@@H]3F)C(=O)N1. The van der Waals surface area contributed by atoms with E-state index in [-0.39, 0.29) is 19.0 Å². The Hall–Kier alpha value is -2.25. The third-order valence-corrected chi connectivity index (χ3v) is 9.60. The standard InChI is InChI=1S/C19H22FN9O8P2S2/c20-12-10-5-34-38(31,40)33-3-1-2-28-11(25-9-4-22-7-23-15(9)28)6-35-39(32,41)37-14(12)18(36-10)29-8-24-13-16(29)26-19(21)27-17(13)30/h4,7-8,10,12-14,18H,1-3,5-6H2,(H,31,40)(H,32,41)(H2,21,27,30)/t10-,12-,13?,14-,18-,38?,39?/m1/s1. The highest BCUT2D eigenvalue weighted by Gasteiger charge is 2.54. The first kappa shape index (κ1) is 28.9. The van der Waals surface area contributed by atoms with Crippen molar-refractivity contribution >= 4 is 72.8 Å². The van der Waals surface area contributed by atoms with Crippen molar-refractivity contribution < 1.29 is 41.5 Å². The summed E-state index contributed by atoms with van der Waals surface area (Å²) < 4.78 is 58.7. The number of guanidine groups is 1. The number of nitrogens with zero attached hydrogens (tertiary/aromatic N) is 7. The lowest BCUT2D eigenvalue weighted by Gasteiger charge is -2.30. The number of thiol groups is 1. The van der Waals surface area contributed by atoms with Gasteiger partial charge in [0.05, 0.1) is 25.7 Å². The molecule has 0 radical (unpaired) electrons. The Morgan fingerprint density at radius 2 is 2.15 bits per heavy atom. The second-order valence-corrected chi connectivity index (χ2v) is 14.8. The van der Waals surface area contributed by atoms with Crippen LogP contribution in [0.2, 0.25) is 0 Å². The van der Waals surface area contributed by atoms with Crippen LogP contribution >= 0.6 is 25.8 Å². The number of hydrogen-bond donors (Lipinski definition) is 4. The highest BCUT2D eigenvalue weighted by molar-refractivity contribution is 8.44. The number of carbonyl (C=O) groups excluding carboxylic acids is 1. The van der Waals surface area contributed by atoms with E-state index in [0.717, 1.165) is 0 Å². The van der Waals surface area contributed by atoms with Gasteiger partial charge >= 0.3 is 13.5 Å². The minimum atomic E-state index is -4.30. The van der Waals surface area contributed by atoms with Crippen LogP contribution in [-0.4, -0.2) is 97.2 Å². The normalized spacial score (nSPS) is 36.6. The van der Waals surface area contributed by atoms with Gasteiger partial charge in [0.1, 0.15) is 36.5 Å². The molecule has 2 bridgehead atoms. The molecule has 4 aliphatic heterocycles. The van der Waals surface area contributed by atoms with Crippen LogP contribution in [0.3, 0.4) is 0 Å². The van der Waals surface area contributed by atoms with E-state index in [1.165, 1.54) is 23.8 Å². The zero-order valence-corrected chi connectivity index (χ0v) is 24.2. The molecular formula is C19H22FN9O8P2S2. The summed E-state index contributed by atoms with van der Waals surface area (Å²) >= 11 is 9.14. The predicted molar refractivity (Wildman–Crippen MR) is 146 cm³/mol. The van der Waals surface area contributed by atoms with E-state index < -0.39 is 62.6 Å². The minimum Gasteiger partial charge on any atom is -0.346 e. The van der Waals surface area contributed by atoms with Gasteiger partial charge in [-0.1, -0.05) is 12.2 Å². The molecule has 1 amide bonds. The zero-order chi connectivity index (χ0) is 28.9. The topological polar surface area (TPSA) is 208 Å². The first-order chi connectivity index (χ1) is 19.5. The van der Waals surface area contributed by atoms with E-state index in [1.807, 2.05) is 0 Å². The molecule has 2 aromatic heterocycles. The van der Waals surface area contributed by atoms with Gasteiger partial charge in [-0.2, -0.15) is 4.99 Å². The number of aryl methyl sites for hydroxylation is 1. The van der Waals surface area contributed by atoms with Crippen LogP contribution in [0, 0.1) is 5.41 Å². The Balaban J connectivity index is 1.32. The highest BCUT2D eigenvalue weighted by Crippen LogP contribution is 2.57. The molecule has 220 valence electrons. The van der Waals surface area contributed by atoms with E-state index in [9.17, 15) is 14.3 Å². The Morgan fingerprint density at radius 3 is 2.98 bits per heavy atom. The number of amides is 1. The number of fused-ring (bicyclic) bond motifs is 6. The first-order valence-electron chi connectivity index (χ1n) is 12.0. The van der Waals surface area contributed by atoms with Crippen LogP contribution < -0.4 is 5.32 Å². The number of carbonyl (C=O) groups is 1. The van der Waals surface area contributed by atoms with E-state index in [1.54, 1.807) is 4.57 Å². The van der Waals surface area contributed by atoms with Gasteiger partial charge in [0.2, 0.25) is 5.96 Å². The third kappa shape index (κ3) is 5.86. The summed E-state index contributed by atoms with van der Waals surface area (Å²) in [6.07, 6.45) is -2.10. The van der Waals surface area contributed by atoms with E-state index in [4.69, 9.17) is 40.0 Å². The fraction of sp³-hybridized carbons (Fsp3) is 0.526. The molecule has 1 saturated heterocycles. The molecule has 17 nitrogen and oxygen atoms in total. The molecule has 41 heavy (non-hydrogen) atoms. The maximum atomic E-state index is 15.9. The lowest BCUT2D eigenvalue weighted by Crippen LogP contribution is -2.53. The minimum absolute atomic E-state index is 0.0116. The van der Waals surface area contributed by atoms with Gasteiger partial charge in [-0.15, -0.1) is 0 Å². The van der Waals surface area contributed by atoms with Gasteiger partial charge in [0.15, 0.2) is 29.9 Å². The lowest BCUT2D eigenvalue weighted by atomic mass is 10.1. The maximum Gasteiger partial charge on any atom is 0.387 e. The van der Waals surface area contributed by atoms with E-state index in [2.05, 4.69) is 42.5 Å². The van der Waals surface area contributed by atoms with Gasteiger partial charge in [0.25, 0.3) is 5.91 Å². The van der Waals surface area contributed by atoms with Crippen molar-refractivity contribution in [1.29, 1.82) is 5.41 Å². The fourth-order valence-electron chi connectivity index (χ4n) is 4.60. The Labute approximate surface area is 240 Å². The molecule has 6 rings (SSSR count). The molecule has 0 aromatic carbocycles. The number of nitrogens with one attached hydrogen (secondary N) is 2. The van der Waals surface area contributed by atoms with Crippen LogP contribution in [0.4, 0.5) is 4.39 Å². The molecule has 3 unspecified atom stereocenters. The smallest absolute Gasteiger partial charge is 0.346 e. The van der Waals surface area contributed by atoms with Crippen LogP contribution in [0.25, 0.3) is 11.2 Å².